The van der Waals surface area contributed by atoms with E-state index in [-0.39, 0.29) is 0 Å². The van der Waals surface area contributed by atoms with Crippen LogP contribution < -0.4 is 5.32 Å². The molecule has 0 radical (unpaired) electrons. The molecule has 0 saturated carbocycles. The van der Waals surface area contributed by atoms with Gasteiger partial charge in [0.2, 0.25) is 5.95 Å². The van der Waals surface area contributed by atoms with Gasteiger partial charge in [0.05, 0.1) is 11.3 Å². The number of halogens is 3. The van der Waals surface area contributed by atoms with Crippen molar-refractivity contribution in [3.05, 3.63) is 66.6 Å². The molecule has 26 heavy (non-hydrogen) atoms. The molecular formula is C18H12F3N5. The van der Waals surface area contributed by atoms with Gasteiger partial charge in [-0.2, -0.15) is 13.2 Å². The molecule has 0 amide bonds. The monoisotopic (exact) mass is 355 g/mol. The van der Waals surface area contributed by atoms with E-state index in [9.17, 15) is 13.2 Å². The Morgan fingerprint density at radius 1 is 0.923 bits per heavy atom. The third kappa shape index (κ3) is 3.08. The fraction of sp³-hybridized carbons (Fsp3) is 0.0556. The van der Waals surface area contributed by atoms with Crippen LogP contribution in [0.25, 0.3) is 22.3 Å². The molecule has 0 saturated heterocycles. The smallest absolute Gasteiger partial charge is 0.345 e. The molecule has 0 atom stereocenters. The summed E-state index contributed by atoms with van der Waals surface area (Å²) in [6.45, 7) is 0. The summed E-state index contributed by atoms with van der Waals surface area (Å²) >= 11 is 0. The lowest BCUT2D eigenvalue weighted by Crippen LogP contribution is -2.04. The molecule has 4 aromatic rings. The fourth-order valence-electron chi connectivity index (χ4n) is 2.61. The maximum atomic E-state index is 12.6. The number of hydrogen-bond donors (Lipinski definition) is 2. The maximum Gasteiger partial charge on any atom is 0.416 e. The largest absolute Gasteiger partial charge is 0.416 e. The fourth-order valence-corrected chi connectivity index (χ4v) is 2.61. The summed E-state index contributed by atoms with van der Waals surface area (Å²) in [4.78, 5) is 15.9. The van der Waals surface area contributed by atoms with Crippen molar-refractivity contribution in [1.82, 2.24) is 19.9 Å². The Kier molecular flexibility index (Phi) is 3.80. The molecule has 1 aromatic carbocycles. The second kappa shape index (κ2) is 6.14. The van der Waals surface area contributed by atoms with Gasteiger partial charge in [-0.25, -0.2) is 15.0 Å². The molecule has 8 heteroatoms. The lowest BCUT2D eigenvalue weighted by molar-refractivity contribution is -0.137. The zero-order chi connectivity index (χ0) is 18.1. The van der Waals surface area contributed by atoms with E-state index in [1.54, 1.807) is 18.5 Å². The molecule has 0 aliphatic heterocycles. The number of alkyl halides is 3. The Labute approximate surface area is 146 Å². The number of aromatic amines is 1. The zero-order valence-electron chi connectivity index (χ0n) is 13.2. The molecule has 3 heterocycles. The Hall–Kier alpha value is -3.42. The molecule has 0 aliphatic rings. The highest BCUT2D eigenvalue weighted by Crippen LogP contribution is 2.30. The number of aromatic nitrogens is 4. The summed E-state index contributed by atoms with van der Waals surface area (Å²) < 4.78 is 37.9. The van der Waals surface area contributed by atoms with Crippen molar-refractivity contribution in [2.24, 2.45) is 0 Å². The van der Waals surface area contributed by atoms with Gasteiger partial charge < -0.3 is 10.3 Å². The van der Waals surface area contributed by atoms with Gasteiger partial charge in [-0.3, -0.25) is 0 Å². The average molecular weight is 355 g/mol. The predicted molar refractivity (Wildman–Crippen MR) is 91.8 cm³/mol. The lowest BCUT2D eigenvalue weighted by Gasteiger charge is -2.09. The summed E-state index contributed by atoms with van der Waals surface area (Å²) in [5.74, 6) is 0.292. The number of anilines is 2. The highest BCUT2D eigenvalue weighted by molar-refractivity contribution is 5.92. The second-order valence-electron chi connectivity index (χ2n) is 5.57. The molecule has 5 nitrogen and oxygen atoms in total. The third-order valence-corrected chi connectivity index (χ3v) is 3.85. The molecular weight excluding hydrogens is 343 g/mol. The first-order valence-corrected chi connectivity index (χ1v) is 7.70. The number of rotatable bonds is 3. The van der Waals surface area contributed by atoms with Gasteiger partial charge in [-0.05, 0) is 42.5 Å². The number of nitrogens with one attached hydrogen (secondary N) is 2. The topological polar surface area (TPSA) is 66.5 Å². The maximum absolute atomic E-state index is 12.6. The highest BCUT2D eigenvalue weighted by atomic mass is 19.4. The molecule has 2 N–H and O–H groups in total. The van der Waals surface area contributed by atoms with Crippen molar-refractivity contribution in [1.29, 1.82) is 0 Å². The van der Waals surface area contributed by atoms with E-state index in [2.05, 4.69) is 25.3 Å². The Bertz CT molecular complexity index is 1050. The highest BCUT2D eigenvalue weighted by Gasteiger charge is 2.29. The minimum atomic E-state index is -4.36. The third-order valence-electron chi connectivity index (χ3n) is 3.85. The minimum absolute atomic E-state index is 0.292. The van der Waals surface area contributed by atoms with E-state index < -0.39 is 11.7 Å². The predicted octanol–water partition coefficient (Wildman–Crippen LogP) is 4.78. The van der Waals surface area contributed by atoms with Crippen molar-refractivity contribution >= 4 is 22.7 Å². The number of benzene rings is 1. The number of fused-ring (bicyclic) bond motifs is 1. The molecule has 0 aliphatic carbocycles. The van der Waals surface area contributed by atoms with Gasteiger partial charge in [0.15, 0.2) is 0 Å². The van der Waals surface area contributed by atoms with E-state index >= 15 is 0 Å². The molecule has 0 fully saturated rings. The van der Waals surface area contributed by atoms with Gasteiger partial charge in [0.1, 0.15) is 5.65 Å². The van der Waals surface area contributed by atoms with Crippen LogP contribution in [0.5, 0.6) is 0 Å². The van der Waals surface area contributed by atoms with E-state index in [0.29, 0.717) is 17.3 Å². The van der Waals surface area contributed by atoms with Crippen molar-refractivity contribution in [3.63, 3.8) is 0 Å². The van der Waals surface area contributed by atoms with Gasteiger partial charge in [-0.1, -0.05) is 0 Å². The van der Waals surface area contributed by atoms with Crippen LogP contribution in [0.15, 0.2) is 61.1 Å². The number of nitrogens with zero attached hydrogens (tertiary/aromatic N) is 3. The summed E-state index contributed by atoms with van der Waals surface area (Å²) in [7, 11) is 0. The zero-order valence-corrected chi connectivity index (χ0v) is 13.2. The van der Waals surface area contributed by atoms with Crippen molar-refractivity contribution in [2.45, 2.75) is 6.18 Å². The quantitative estimate of drug-likeness (QED) is 0.555. The van der Waals surface area contributed by atoms with E-state index in [0.717, 1.165) is 28.7 Å². The van der Waals surface area contributed by atoms with Gasteiger partial charge in [0, 0.05) is 35.2 Å². The molecule has 0 spiro atoms. The number of pyridine rings is 1. The SMILES string of the molecule is FC(F)(F)c1ccc(Nc2nccc(-c3c[nH]c4ncccc34)n2)cc1. The van der Waals surface area contributed by atoms with Gasteiger partial charge >= 0.3 is 6.18 Å². The number of hydrogen-bond acceptors (Lipinski definition) is 4. The van der Waals surface area contributed by atoms with E-state index in [1.165, 1.54) is 12.1 Å². The van der Waals surface area contributed by atoms with Crippen LogP contribution in [-0.2, 0) is 6.18 Å². The van der Waals surface area contributed by atoms with E-state index in [4.69, 9.17) is 0 Å². The van der Waals surface area contributed by atoms with Crippen LogP contribution in [-0.4, -0.2) is 19.9 Å². The summed E-state index contributed by atoms with van der Waals surface area (Å²) in [5.41, 5.74) is 2.05. The van der Waals surface area contributed by atoms with Crippen LogP contribution in [0.4, 0.5) is 24.8 Å². The first-order chi connectivity index (χ1) is 12.5. The van der Waals surface area contributed by atoms with Gasteiger partial charge in [0.25, 0.3) is 0 Å². The summed E-state index contributed by atoms with van der Waals surface area (Å²) in [6.07, 6.45) is 0.727. The minimum Gasteiger partial charge on any atom is -0.345 e. The van der Waals surface area contributed by atoms with Crippen LogP contribution >= 0.6 is 0 Å². The Morgan fingerprint density at radius 3 is 2.50 bits per heavy atom. The standard InChI is InChI=1S/C18H12F3N5/c19-18(20,21)11-3-5-12(6-4-11)25-17-23-9-7-15(26-17)14-10-24-16-13(14)2-1-8-22-16/h1-10H,(H,22,24)(H,23,25,26). The second-order valence-corrected chi connectivity index (χ2v) is 5.57. The van der Waals surface area contributed by atoms with Gasteiger partial charge in [-0.15, -0.1) is 0 Å². The Morgan fingerprint density at radius 2 is 1.73 bits per heavy atom. The van der Waals surface area contributed by atoms with E-state index in [1.807, 2.05) is 18.3 Å². The van der Waals surface area contributed by atoms with Crippen LogP contribution in [0.2, 0.25) is 0 Å². The lowest BCUT2D eigenvalue weighted by atomic mass is 10.1. The van der Waals surface area contributed by atoms with Crippen molar-refractivity contribution < 1.29 is 13.2 Å². The Balaban J connectivity index is 1.62. The number of H-pyrrole nitrogens is 1. The molecule has 0 bridgehead atoms. The van der Waals surface area contributed by atoms with Crippen LogP contribution in [0.1, 0.15) is 5.56 Å². The first-order valence-electron chi connectivity index (χ1n) is 7.70. The van der Waals surface area contributed by atoms with Crippen molar-refractivity contribution in [3.8, 4) is 11.3 Å². The molecule has 3 aromatic heterocycles. The van der Waals surface area contributed by atoms with Crippen LogP contribution in [0, 0.1) is 0 Å². The molecule has 0 unspecified atom stereocenters. The molecule has 130 valence electrons. The molecule has 4 rings (SSSR count). The summed E-state index contributed by atoms with van der Waals surface area (Å²) in [6, 6.07) is 10.2. The normalized spacial score (nSPS) is 11.7. The summed E-state index contributed by atoms with van der Waals surface area (Å²) in [5, 5.41) is 3.84. The first kappa shape index (κ1) is 16.1. The van der Waals surface area contributed by atoms with Crippen molar-refractivity contribution in [2.75, 3.05) is 5.32 Å². The average Bonchev–Trinajstić information content (AvgIpc) is 3.06. The van der Waals surface area contributed by atoms with Crippen LogP contribution in [0.3, 0.4) is 0 Å².